The Morgan fingerprint density at radius 2 is 0.958 bits per heavy atom. The molecule has 7 aromatic rings. The highest BCUT2D eigenvalue weighted by Gasteiger charge is 2.51. The molecule has 0 bridgehead atoms. The Labute approximate surface area is 280 Å². The zero-order valence-corrected chi connectivity index (χ0v) is 26.4. The summed E-state index contributed by atoms with van der Waals surface area (Å²) in [5.74, 6) is 1.86. The van der Waals surface area contributed by atoms with Crippen molar-refractivity contribution in [1.29, 1.82) is 0 Å². The fourth-order valence-electron chi connectivity index (χ4n) is 9.28. The number of para-hydroxylation sites is 2. The van der Waals surface area contributed by atoms with Crippen molar-refractivity contribution in [2.75, 3.05) is 4.90 Å². The summed E-state index contributed by atoms with van der Waals surface area (Å²) < 4.78 is 6.55. The first-order valence-electron chi connectivity index (χ1n) is 17.0. The van der Waals surface area contributed by atoms with Gasteiger partial charge in [-0.15, -0.1) is 0 Å². The maximum atomic E-state index is 6.55. The van der Waals surface area contributed by atoms with Gasteiger partial charge in [0.25, 0.3) is 0 Å². The third-order valence-electron chi connectivity index (χ3n) is 11.2. The molecule has 3 heterocycles. The second kappa shape index (κ2) is 9.59. The topological polar surface area (TPSA) is 12.5 Å². The quantitative estimate of drug-likeness (QED) is 0.192. The van der Waals surface area contributed by atoms with E-state index in [9.17, 15) is 0 Å². The number of fused-ring (bicyclic) bond motifs is 14. The lowest BCUT2D eigenvalue weighted by molar-refractivity contribution is 0.436. The van der Waals surface area contributed by atoms with Crippen LogP contribution in [0.1, 0.15) is 33.4 Å². The minimum atomic E-state index is -0.449. The molecule has 0 radical (unpaired) electrons. The van der Waals surface area contributed by atoms with E-state index < -0.39 is 5.41 Å². The molecule has 3 aliphatic heterocycles. The molecule has 1 aliphatic carbocycles. The summed E-state index contributed by atoms with van der Waals surface area (Å²) in [5, 5.41) is 0. The molecule has 7 aromatic carbocycles. The monoisotopic (exact) mass is 613 g/mol. The van der Waals surface area contributed by atoms with E-state index >= 15 is 0 Å². The maximum Gasteiger partial charge on any atom is 0.132 e. The molecule has 0 saturated carbocycles. The van der Waals surface area contributed by atoms with Crippen molar-refractivity contribution in [3.05, 3.63) is 191 Å². The van der Waals surface area contributed by atoms with Gasteiger partial charge in [-0.1, -0.05) is 115 Å². The van der Waals surface area contributed by atoms with Crippen molar-refractivity contribution in [2.24, 2.45) is 0 Å². The summed E-state index contributed by atoms with van der Waals surface area (Å²) >= 11 is 0. The lowest BCUT2D eigenvalue weighted by Crippen LogP contribution is -2.32. The normalized spacial score (nSPS) is 16.7. The molecule has 0 amide bonds. The third-order valence-corrected chi connectivity index (χ3v) is 11.2. The van der Waals surface area contributed by atoms with Crippen LogP contribution in [0, 0.1) is 0 Å². The first-order valence-corrected chi connectivity index (χ1v) is 17.0. The van der Waals surface area contributed by atoms with Crippen LogP contribution < -0.4 is 9.64 Å². The Morgan fingerprint density at radius 3 is 1.65 bits per heavy atom. The van der Waals surface area contributed by atoms with E-state index in [4.69, 9.17) is 4.74 Å². The van der Waals surface area contributed by atoms with E-state index in [1.54, 1.807) is 0 Å². The van der Waals surface area contributed by atoms with Gasteiger partial charge in [0, 0.05) is 28.5 Å². The SMILES string of the molecule is c1ccc(-c2ccc3c(c2)CC2Cc4cc(-c5ccc6c(c5)C5(c7ccccc7Oc7ccccc75)c5ccccc5-6)ccc4N32)cc1. The average Bonchev–Trinajstić information content (AvgIpc) is 3.78. The molecule has 0 saturated heterocycles. The lowest BCUT2D eigenvalue weighted by Gasteiger charge is -2.39. The van der Waals surface area contributed by atoms with E-state index in [-0.39, 0.29) is 0 Å². The zero-order chi connectivity index (χ0) is 31.4. The highest BCUT2D eigenvalue weighted by atomic mass is 16.5. The van der Waals surface area contributed by atoms with Gasteiger partial charge < -0.3 is 9.64 Å². The van der Waals surface area contributed by atoms with Gasteiger partial charge >= 0.3 is 0 Å². The highest BCUT2D eigenvalue weighted by Crippen LogP contribution is 2.62. The molecule has 48 heavy (non-hydrogen) atoms. The molecule has 1 atom stereocenters. The van der Waals surface area contributed by atoms with Gasteiger partial charge in [0.2, 0.25) is 0 Å². The molecular weight excluding hydrogens is 583 g/mol. The summed E-state index contributed by atoms with van der Waals surface area (Å²) in [6.45, 7) is 0. The fourth-order valence-corrected chi connectivity index (χ4v) is 9.28. The number of benzene rings is 7. The van der Waals surface area contributed by atoms with E-state index in [1.165, 1.54) is 78.1 Å². The maximum absolute atomic E-state index is 6.55. The summed E-state index contributed by atoms with van der Waals surface area (Å²) in [4.78, 5) is 2.59. The van der Waals surface area contributed by atoms with Crippen LogP contribution in [0.15, 0.2) is 158 Å². The van der Waals surface area contributed by atoms with Crippen LogP contribution in [0.2, 0.25) is 0 Å². The number of hydrogen-bond acceptors (Lipinski definition) is 2. The second-order valence-corrected chi connectivity index (χ2v) is 13.6. The molecule has 2 nitrogen and oxygen atoms in total. The standard InChI is InChI=1S/C46H31NO/c1-2-10-29(11-3-1)30-19-22-42-33(24-30)26-35-27-34-25-31(20-23-43(34)47(35)42)32-18-21-37-36-12-4-5-13-38(36)46(41(37)28-32)39-14-6-8-16-44(39)48-45-17-9-7-15-40(45)46/h1-25,28,35H,26-27H2. The van der Waals surface area contributed by atoms with E-state index in [1.807, 2.05) is 0 Å². The molecule has 11 rings (SSSR count). The van der Waals surface area contributed by atoms with Gasteiger partial charge in [0.05, 0.1) is 5.41 Å². The van der Waals surface area contributed by atoms with Gasteiger partial charge in [0.1, 0.15) is 11.5 Å². The lowest BCUT2D eigenvalue weighted by atomic mass is 9.66. The molecule has 0 N–H and O–H groups in total. The molecule has 1 spiro atoms. The number of ether oxygens (including phenoxy) is 1. The van der Waals surface area contributed by atoms with Crippen LogP contribution >= 0.6 is 0 Å². The summed E-state index contributed by atoms with van der Waals surface area (Å²) in [7, 11) is 0. The molecule has 226 valence electrons. The van der Waals surface area contributed by atoms with Crippen molar-refractivity contribution in [1.82, 2.24) is 0 Å². The van der Waals surface area contributed by atoms with Gasteiger partial charge in [0.15, 0.2) is 0 Å². The largest absolute Gasteiger partial charge is 0.457 e. The third kappa shape index (κ3) is 3.42. The molecular formula is C46H31NO. The van der Waals surface area contributed by atoms with Crippen LogP contribution in [-0.2, 0) is 18.3 Å². The van der Waals surface area contributed by atoms with Crippen molar-refractivity contribution < 1.29 is 4.74 Å². The molecule has 0 aromatic heterocycles. The van der Waals surface area contributed by atoms with Crippen molar-refractivity contribution in [3.8, 4) is 44.9 Å². The average molecular weight is 614 g/mol. The highest BCUT2D eigenvalue weighted by molar-refractivity contribution is 5.91. The molecule has 4 aliphatic rings. The van der Waals surface area contributed by atoms with Gasteiger partial charge in [-0.3, -0.25) is 0 Å². The van der Waals surface area contributed by atoms with Crippen molar-refractivity contribution in [2.45, 2.75) is 24.3 Å². The van der Waals surface area contributed by atoms with Crippen LogP contribution in [0.3, 0.4) is 0 Å². The summed E-state index contributed by atoms with van der Waals surface area (Å²) in [5.41, 5.74) is 17.9. The van der Waals surface area contributed by atoms with E-state index in [0.29, 0.717) is 6.04 Å². The Bertz CT molecular complexity index is 2410. The van der Waals surface area contributed by atoms with Crippen molar-refractivity contribution in [3.63, 3.8) is 0 Å². The van der Waals surface area contributed by atoms with Crippen LogP contribution in [-0.4, -0.2) is 6.04 Å². The van der Waals surface area contributed by atoms with Crippen LogP contribution in [0.4, 0.5) is 11.4 Å². The zero-order valence-electron chi connectivity index (χ0n) is 26.4. The Hall–Kier alpha value is -5.86. The number of hydrogen-bond donors (Lipinski definition) is 0. The van der Waals surface area contributed by atoms with Crippen LogP contribution in [0.5, 0.6) is 11.5 Å². The van der Waals surface area contributed by atoms with E-state index in [0.717, 1.165) is 24.3 Å². The molecule has 2 heteroatoms. The smallest absolute Gasteiger partial charge is 0.132 e. The fraction of sp³-hybridized carbons (Fsp3) is 0.0870. The molecule has 0 fully saturated rings. The predicted molar refractivity (Wildman–Crippen MR) is 194 cm³/mol. The Kier molecular flexibility index (Phi) is 5.24. The number of rotatable bonds is 2. The Balaban J connectivity index is 1.04. The van der Waals surface area contributed by atoms with Crippen molar-refractivity contribution >= 4 is 11.4 Å². The number of nitrogens with zero attached hydrogens (tertiary/aromatic N) is 1. The first kappa shape index (κ1) is 26.2. The first-order chi connectivity index (χ1) is 23.8. The Morgan fingerprint density at radius 1 is 0.438 bits per heavy atom. The second-order valence-electron chi connectivity index (χ2n) is 13.6. The summed E-state index contributed by atoms with van der Waals surface area (Å²) in [6.07, 6.45) is 2.15. The van der Waals surface area contributed by atoms with Crippen LogP contribution in [0.25, 0.3) is 33.4 Å². The minimum absolute atomic E-state index is 0.449. The van der Waals surface area contributed by atoms with E-state index in [2.05, 4.69) is 163 Å². The summed E-state index contributed by atoms with van der Waals surface area (Å²) in [6, 6.07) is 58.7. The van der Waals surface area contributed by atoms with Gasteiger partial charge in [-0.05, 0) is 111 Å². The minimum Gasteiger partial charge on any atom is -0.457 e. The number of anilines is 2. The predicted octanol–water partition coefficient (Wildman–Crippen LogP) is 11.1. The van der Waals surface area contributed by atoms with Gasteiger partial charge in [-0.25, -0.2) is 0 Å². The molecule has 1 unspecified atom stereocenters. The van der Waals surface area contributed by atoms with Gasteiger partial charge in [-0.2, -0.15) is 0 Å².